The van der Waals surface area contributed by atoms with Gasteiger partial charge in [0.15, 0.2) is 0 Å². The molecule has 1 amide bonds. The molecule has 0 spiro atoms. The Bertz CT molecular complexity index is 269. The molecule has 2 rings (SSSR count). The molecule has 0 aromatic rings. The molecule has 0 aromatic carbocycles. The maximum absolute atomic E-state index is 12.1. The zero-order valence-corrected chi connectivity index (χ0v) is 11.7. The van der Waals surface area contributed by atoms with E-state index in [2.05, 4.69) is 11.9 Å². The van der Waals surface area contributed by atoms with Crippen molar-refractivity contribution in [2.75, 3.05) is 46.9 Å². The predicted molar refractivity (Wildman–Crippen MR) is 71.4 cm³/mol. The van der Waals surface area contributed by atoms with Crippen molar-refractivity contribution in [3.63, 3.8) is 0 Å². The Morgan fingerprint density at radius 2 is 2.00 bits per heavy atom. The number of carbonyl (C=O) groups is 1. The highest BCUT2D eigenvalue weighted by atomic mass is 16.5. The zero-order valence-electron chi connectivity index (χ0n) is 11.7. The normalized spacial score (nSPS) is 26.4. The minimum absolute atomic E-state index is 0.296. The summed E-state index contributed by atoms with van der Waals surface area (Å²) in [5, 5.41) is 0. The van der Waals surface area contributed by atoms with Gasteiger partial charge in [-0.15, -0.1) is 0 Å². The van der Waals surface area contributed by atoms with E-state index in [-0.39, 0.29) is 0 Å². The third kappa shape index (κ3) is 3.95. The quantitative estimate of drug-likeness (QED) is 0.756. The molecule has 4 nitrogen and oxygen atoms in total. The summed E-state index contributed by atoms with van der Waals surface area (Å²) in [5.41, 5.74) is 0. The largest absolute Gasteiger partial charge is 0.381 e. The average Bonchev–Trinajstić information content (AvgIpc) is 2.85. The predicted octanol–water partition coefficient (Wildman–Crippen LogP) is 1.21. The third-order valence-electron chi connectivity index (χ3n) is 4.28. The summed E-state index contributed by atoms with van der Waals surface area (Å²) in [4.78, 5) is 16.4. The number of ether oxygens (including phenoxy) is 1. The van der Waals surface area contributed by atoms with Crippen LogP contribution < -0.4 is 0 Å². The average molecular weight is 254 g/mol. The maximum atomic E-state index is 12.1. The molecular weight excluding hydrogens is 228 g/mol. The van der Waals surface area contributed by atoms with Gasteiger partial charge in [0.1, 0.15) is 0 Å². The summed E-state index contributed by atoms with van der Waals surface area (Å²) < 4.78 is 5.32. The van der Waals surface area contributed by atoms with Gasteiger partial charge in [0.2, 0.25) is 5.91 Å². The van der Waals surface area contributed by atoms with Crippen molar-refractivity contribution in [1.82, 2.24) is 9.80 Å². The van der Waals surface area contributed by atoms with Gasteiger partial charge in [0, 0.05) is 33.2 Å². The van der Waals surface area contributed by atoms with Gasteiger partial charge in [0.05, 0.1) is 0 Å². The number of amides is 1. The van der Waals surface area contributed by atoms with Crippen LogP contribution in [0, 0.1) is 11.8 Å². The fourth-order valence-electron chi connectivity index (χ4n) is 2.88. The van der Waals surface area contributed by atoms with Crippen LogP contribution in [-0.2, 0) is 9.53 Å². The van der Waals surface area contributed by atoms with E-state index in [1.54, 1.807) is 0 Å². The molecule has 4 heteroatoms. The highest BCUT2D eigenvalue weighted by Gasteiger charge is 2.23. The van der Waals surface area contributed by atoms with Crippen LogP contribution in [0.25, 0.3) is 0 Å². The summed E-state index contributed by atoms with van der Waals surface area (Å²) in [6.45, 7) is 4.87. The van der Waals surface area contributed by atoms with Crippen molar-refractivity contribution in [1.29, 1.82) is 0 Å². The number of carbonyl (C=O) groups excluding carboxylic acids is 1. The Labute approximate surface area is 110 Å². The van der Waals surface area contributed by atoms with Crippen molar-refractivity contribution in [2.24, 2.45) is 11.8 Å². The SMILES string of the molecule is CN1CCC(CN(C)C(=O)CC2CCOC2)CC1. The molecule has 18 heavy (non-hydrogen) atoms. The molecule has 0 saturated carbocycles. The van der Waals surface area contributed by atoms with E-state index in [1.165, 1.54) is 25.9 Å². The van der Waals surface area contributed by atoms with E-state index in [0.29, 0.717) is 24.2 Å². The molecule has 0 bridgehead atoms. The van der Waals surface area contributed by atoms with Gasteiger partial charge in [-0.3, -0.25) is 4.79 Å². The lowest BCUT2D eigenvalue weighted by Gasteiger charge is -2.32. The van der Waals surface area contributed by atoms with Crippen molar-refractivity contribution in [3.8, 4) is 0 Å². The fraction of sp³-hybridized carbons (Fsp3) is 0.929. The molecule has 2 saturated heterocycles. The van der Waals surface area contributed by atoms with Gasteiger partial charge in [-0.25, -0.2) is 0 Å². The first kappa shape index (κ1) is 13.8. The van der Waals surface area contributed by atoms with Crippen molar-refractivity contribution in [3.05, 3.63) is 0 Å². The van der Waals surface area contributed by atoms with Gasteiger partial charge in [-0.2, -0.15) is 0 Å². The van der Waals surface area contributed by atoms with Crippen molar-refractivity contribution < 1.29 is 9.53 Å². The lowest BCUT2D eigenvalue weighted by molar-refractivity contribution is -0.131. The van der Waals surface area contributed by atoms with Crippen LogP contribution in [0.4, 0.5) is 0 Å². The van der Waals surface area contributed by atoms with E-state index < -0.39 is 0 Å². The number of hydrogen-bond donors (Lipinski definition) is 0. The molecule has 1 unspecified atom stereocenters. The lowest BCUT2D eigenvalue weighted by atomic mass is 9.96. The number of hydrogen-bond acceptors (Lipinski definition) is 3. The Morgan fingerprint density at radius 3 is 2.61 bits per heavy atom. The molecule has 2 heterocycles. The summed E-state index contributed by atoms with van der Waals surface area (Å²) >= 11 is 0. The number of likely N-dealkylation sites (tertiary alicyclic amines) is 1. The highest BCUT2D eigenvalue weighted by molar-refractivity contribution is 5.76. The topological polar surface area (TPSA) is 32.8 Å². The molecule has 2 fully saturated rings. The van der Waals surface area contributed by atoms with Gasteiger partial charge in [-0.1, -0.05) is 0 Å². The Morgan fingerprint density at radius 1 is 1.28 bits per heavy atom. The molecule has 0 aliphatic carbocycles. The van der Waals surface area contributed by atoms with E-state index in [9.17, 15) is 4.79 Å². The van der Waals surface area contributed by atoms with Crippen molar-refractivity contribution in [2.45, 2.75) is 25.7 Å². The summed E-state index contributed by atoms with van der Waals surface area (Å²) in [7, 11) is 4.13. The smallest absolute Gasteiger partial charge is 0.222 e. The van der Waals surface area contributed by atoms with Crippen LogP contribution in [0.1, 0.15) is 25.7 Å². The summed E-state index contributed by atoms with van der Waals surface area (Å²) in [5.74, 6) is 1.44. The van der Waals surface area contributed by atoms with Crippen LogP contribution in [0.2, 0.25) is 0 Å². The van der Waals surface area contributed by atoms with E-state index in [4.69, 9.17) is 4.74 Å². The number of nitrogens with zero attached hydrogens (tertiary/aromatic N) is 2. The molecule has 0 radical (unpaired) electrons. The van der Waals surface area contributed by atoms with Gasteiger partial charge in [-0.05, 0) is 51.2 Å². The van der Waals surface area contributed by atoms with Crippen LogP contribution in [-0.4, -0.2) is 62.7 Å². The first-order chi connectivity index (χ1) is 8.65. The van der Waals surface area contributed by atoms with Crippen molar-refractivity contribution >= 4 is 5.91 Å². The fourth-order valence-corrected chi connectivity index (χ4v) is 2.88. The van der Waals surface area contributed by atoms with Gasteiger partial charge in [0.25, 0.3) is 0 Å². The molecule has 104 valence electrons. The Balaban J connectivity index is 1.69. The molecule has 1 atom stereocenters. The second kappa shape index (κ2) is 6.53. The van der Waals surface area contributed by atoms with E-state index >= 15 is 0 Å². The minimum Gasteiger partial charge on any atom is -0.381 e. The monoisotopic (exact) mass is 254 g/mol. The maximum Gasteiger partial charge on any atom is 0.222 e. The van der Waals surface area contributed by atoms with Crippen LogP contribution >= 0.6 is 0 Å². The van der Waals surface area contributed by atoms with Crippen LogP contribution in [0.3, 0.4) is 0 Å². The number of rotatable bonds is 4. The Hall–Kier alpha value is -0.610. The molecular formula is C14H26N2O2. The van der Waals surface area contributed by atoms with E-state index in [1.807, 2.05) is 11.9 Å². The van der Waals surface area contributed by atoms with Crippen LogP contribution in [0.15, 0.2) is 0 Å². The summed E-state index contributed by atoms with van der Waals surface area (Å²) in [6.07, 6.45) is 4.16. The lowest BCUT2D eigenvalue weighted by Crippen LogP contribution is -2.38. The van der Waals surface area contributed by atoms with Crippen LogP contribution in [0.5, 0.6) is 0 Å². The Kier molecular flexibility index (Phi) is 5.01. The second-order valence-electron chi connectivity index (χ2n) is 5.95. The van der Waals surface area contributed by atoms with E-state index in [0.717, 1.165) is 26.2 Å². The summed E-state index contributed by atoms with van der Waals surface area (Å²) in [6, 6.07) is 0. The number of piperidine rings is 1. The first-order valence-corrected chi connectivity index (χ1v) is 7.15. The molecule has 2 aliphatic rings. The molecule has 0 N–H and O–H groups in total. The second-order valence-corrected chi connectivity index (χ2v) is 5.95. The van der Waals surface area contributed by atoms with Gasteiger partial charge < -0.3 is 14.5 Å². The zero-order chi connectivity index (χ0) is 13.0. The first-order valence-electron chi connectivity index (χ1n) is 7.15. The highest BCUT2D eigenvalue weighted by Crippen LogP contribution is 2.20. The third-order valence-corrected chi connectivity index (χ3v) is 4.28. The minimum atomic E-state index is 0.296. The standard InChI is InChI=1S/C14H26N2O2/c1-15-6-3-12(4-7-15)10-16(2)14(17)9-13-5-8-18-11-13/h12-13H,3-11H2,1-2H3. The van der Waals surface area contributed by atoms with Gasteiger partial charge >= 0.3 is 0 Å². The molecule has 2 aliphatic heterocycles. The molecule has 0 aromatic heterocycles.